The first-order chi connectivity index (χ1) is 11.4. The van der Waals surface area contributed by atoms with Gasteiger partial charge in [0.15, 0.2) is 0 Å². The van der Waals surface area contributed by atoms with E-state index in [0.29, 0.717) is 0 Å². The van der Waals surface area contributed by atoms with Crippen LogP contribution in [0.1, 0.15) is 5.56 Å². The second-order valence-electron chi connectivity index (χ2n) is 5.40. The van der Waals surface area contributed by atoms with Gasteiger partial charge < -0.3 is 4.57 Å². The van der Waals surface area contributed by atoms with E-state index < -0.39 is 0 Å². The Balaban J connectivity index is 1.74. The van der Waals surface area contributed by atoms with E-state index in [-0.39, 0.29) is 0 Å². The van der Waals surface area contributed by atoms with E-state index in [9.17, 15) is 0 Å². The van der Waals surface area contributed by atoms with Gasteiger partial charge in [0.05, 0.1) is 0 Å². The van der Waals surface area contributed by atoms with Crippen molar-refractivity contribution in [3.63, 3.8) is 0 Å². The highest BCUT2D eigenvalue weighted by Gasteiger charge is 2.10. The van der Waals surface area contributed by atoms with Gasteiger partial charge in [0.2, 0.25) is 0 Å². The van der Waals surface area contributed by atoms with Crippen LogP contribution in [0.5, 0.6) is 0 Å². The molecule has 112 valence electrons. The monoisotopic (exact) mass is 316 g/mol. The minimum atomic E-state index is 0.837. The van der Waals surface area contributed by atoms with Crippen LogP contribution in [0.3, 0.4) is 0 Å². The van der Waals surface area contributed by atoms with Crippen molar-refractivity contribution >= 4 is 22.8 Å². The van der Waals surface area contributed by atoms with Crippen LogP contribution in [0.15, 0.2) is 95.0 Å². The number of aromatic nitrogens is 2. The second kappa shape index (κ2) is 6.31. The zero-order chi connectivity index (χ0) is 15.5. The number of fused-ring (bicyclic) bond motifs is 1. The lowest BCUT2D eigenvalue weighted by Crippen LogP contribution is -1.98. The van der Waals surface area contributed by atoms with Crippen molar-refractivity contribution in [1.29, 1.82) is 0 Å². The van der Waals surface area contributed by atoms with Crippen LogP contribution in [-0.4, -0.2) is 9.55 Å². The predicted octanol–water partition coefficient (Wildman–Crippen LogP) is 5.24. The third-order valence-corrected chi connectivity index (χ3v) is 4.82. The van der Waals surface area contributed by atoms with E-state index in [0.717, 1.165) is 12.2 Å². The van der Waals surface area contributed by atoms with Crippen LogP contribution in [0.2, 0.25) is 0 Å². The molecule has 4 aromatic rings. The van der Waals surface area contributed by atoms with Crippen molar-refractivity contribution in [3.05, 3.63) is 90.8 Å². The van der Waals surface area contributed by atoms with E-state index >= 15 is 0 Å². The summed E-state index contributed by atoms with van der Waals surface area (Å²) in [6.45, 7) is 0.837. The first-order valence-electron chi connectivity index (χ1n) is 7.61. The average Bonchev–Trinajstić information content (AvgIpc) is 2.95. The van der Waals surface area contributed by atoms with Crippen molar-refractivity contribution in [2.45, 2.75) is 16.3 Å². The van der Waals surface area contributed by atoms with E-state index in [2.05, 4.69) is 70.3 Å². The lowest BCUT2D eigenvalue weighted by Gasteiger charge is -2.04. The van der Waals surface area contributed by atoms with Gasteiger partial charge >= 0.3 is 0 Å². The van der Waals surface area contributed by atoms with Crippen molar-refractivity contribution in [1.82, 2.24) is 9.55 Å². The van der Waals surface area contributed by atoms with Gasteiger partial charge in [0.25, 0.3) is 0 Å². The van der Waals surface area contributed by atoms with Gasteiger partial charge in [-0.15, -0.1) is 0 Å². The maximum Gasteiger partial charge on any atom is 0.141 e. The molecular formula is C20H16N2S. The molecule has 0 amide bonds. The summed E-state index contributed by atoms with van der Waals surface area (Å²) in [5.41, 5.74) is 2.32. The Morgan fingerprint density at radius 1 is 0.826 bits per heavy atom. The van der Waals surface area contributed by atoms with Crippen LogP contribution < -0.4 is 0 Å². The van der Waals surface area contributed by atoms with Crippen LogP contribution in [0.4, 0.5) is 0 Å². The molecule has 0 saturated carbocycles. The Hall–Kier alpha value is -2.52. The molecule has 0 aliphatic heterocycles. The van der Waals surface area contributed by atoms with Gasteiger partial charge in [-0.25, -0.2) is 4.98 Å². The highest BCUT2D eigenvalue weighted by atomic mass is 32.2. The predicted molar refractivity (Wildman–Crippen MR) is 95.8 cm³/mol. The first kappa shape index (κ1) is 14.1. The van der Waals surface area contributed by atoms with Crippen LogP contribution in [0.25, 0.3) is 11.0 Å². The molecule has 2 nitrogen and oxygen atoms in total. The van der Waals surface area contributed by atoms with Crippen LogP contribution >= 0.6 is 11.8 Å². The standard InChI is InChI=1S/C20H16N2S/c1-3-8-16(9-4-1)14-22-15-19(18-12-7-13-21-20(18)22)23-17-10-5-2-6-11-17/h1-13,15H,14H2. The number of hydrogen-bond acceptors (Lipinski definition) is 2. The number of benzene rings is 2. The van der Waals surface area contributed by atoms with E-state index in [1.807, 2.05) is 24.4 Å². The topological polar surface area (TPSA) is 17.8 Å². The van der Waals surface area contributed by atoms with Gasteiger partial charge in [-0.2, -0.15) is 0 Å². The number of pyridine rings is 1. The molecule has 3 heteroatoms. The molecule has 0 fully saturated rings. The summed E-state index contributed by atoms with van der Waals surface area (Å²) in [5.74, 6) is 0. The molecular weight excluding hydrogens is 300 g/mol. The summed E-state index contributed by atoms with van der Waals surface area (Å²) in [6.07, 6.45) is 4.07. The molecule has 23 heavy (non-hydrogen) atoms. The van der Waals surface area contributed by atoms with E-state index in [1.165, 1.54) is 20.7 Å². The fourth-order valence-corrected chi connectivity index (χ4v) is 3.68. The summed E-state index contributed by atoms with van der Waals surface area (Å²) in [7, 11) is 0. The molecule has 0 bridgehead atoms. The Bertz CT molecular complexity index is 839. The quantitative estimate of drug-likeness (QED) is 0.512. The highest BCUT2D eigenvalue weighted by Crippen LogP contribution is 2.34. The van der Waals surface area contributed by atoms with Crippen molar-refractivity contribution < 1.29 is 0 Å². The minimum Gasteiger partial charge on any atom is -0.327 e. The molecule has 0 saturated heterocycles. The van der Waals surface area contributed by atoms with Gasteiger partial charge in [-0.3, -0.25) is 0 Å². The maximum atomic E-state index is 4.59. The second-order valence-corrected chi connectivity index (χ2v) is 6.51. The fourth-order valence-electron chi connectivity index (χ4n) is 2.69. The molecule has 0 radical (unpaired) electrons. The highest BCUT2D eigenvalue weighted by molar-refractivity contribution is 7.99. The third kappa shape index (κ3) is 3.01. The average molecular weight is 316 g/mol. The summed E-state index contributed by atoms with van der Waals surface area (Å²) in [5, 5.41) is 1.21. The number of hydrogen-bond donors (Lipinski definition) is 0. The zero-order valence-corrected chi connectivity index (χ0v) is 13.4. The Morgan fingerprint density at radius 2 is 1.57 bits per heavy atom. The minimum absolute atomic E-state index is 0.837. The maximum absolute atomic E-state index is 4.59. The molecule has 0 aliphatic carbocycles. The van der Waals surface area contributed by atoms with Gasteiger partial charge in [0.1, 0.15) is 5.65 Å². The number of rotatable bonds is 4. The van der Waals surface area contributed by atoms with Gasteiger partial charge in [-0.1, -0.05) is 60.3 Å². The number of nitrogens with zero attached hydrogens (tertiary/aromatic N) is 2. The Morgan fingerprint density at radius 3 is 2.35 bits per heavy atom. The smallest absolute Gasteiger partial charge is 0.141 e. The SMILES string of the molecule is c1ccc(Cn2cc(Sc3ccccc3)c3cccnc32)cc1. The molecule has 2 aromatic carbocycles. The Kier molecular flexibility index (Phi) is 3.86. The summed E-state index contributed by atoms with van der Waals surface area (Å²) in [6, 6.07) is 25.1. The third-order valence-electron chi connectivity index (χ3n) is 3.76. The molecule has 0 unspecified atom stereocenters. The van der Waals surface area contributed by atoms with Crippen molar-refractivity contribution in [3.8, 4) is 0 Å². The van der Waals surface area contributed by atoms with Gasteiger partial charge in [-0.05, 0) is 29.8 Å². The molecule has 2 aromatic heterocycles. The van der Waals surface area contributed by atoms with Crippen molar-refractivity contribution in [2.24, 2.45) is 0 Å². The summed E-state index contributed by atoms with van der Waals surface area (Å²) >= 11 is 1.79. The van der Waals surface area contributed by atoms with Crippen LogP contribution in [-0.2, 0) is 6.54 Å². The molecule has 0 N–H and O–H groups in total. The van der Waals surface area contributed by atoms with Crippen LogP contribution in [0, 0.1) is 0 Å². The fraction of sp³-hybridized carbons (Fsp3) is 0.0500. The summed E-state index contributed by atoms with van der Waals surface area (Å²) < 4.78 is 2.23. The summed E-state index contributed by atoms with van der Waals surface area (Å²) in [4.78, 5) is 7.08. The normalized spacial score (nSPS) is 11.0. The molecule has 0 atom stereocenters. The Labute approximate surface area is 139 Å². The van der Waals surface area contributed by atoms with E-state index in [4.69, 9.17) is 0 Å². The molecule has 0 aliphatic rings. The lowest BCUT2D eigenvalue weighted by molar-refractivity contribution is 0.819. The largest absolute Gasteiger partial charge is 0.327 e. The molecule has 4 rings (SSSR count). The van der Waals surface area contributed by atoms with E-state index in [1.54, 1.807) is 11.8 Å². The van der Waals surface area contributed by atoms with Gasteiger partial charge in [0, 0.05) is 34.1 Å². The molecule has 2 heterocycles. The van der Waals surface area contributed by atoms with Crippen molar-refractivity contribution in [2.75, 3.05) is 0 Å². The lowest BCUT2D eigenvalue weighted by atomic mass is 10.2. The molecule has 0 spiro atoms. The first-order valence-corrected chi connectivity index (χ1v) is 8.42. The zero-order valence-electron chi connectivity index (χ0n) is 12.6.